The van der Waals surface area contributed by atoms with Crippen LogP contribution in [0.2, 0.25) is 0 Å². The van der Waals surface area contributed by atoms with Crippen molar-refractivity contribution in [3.05, 3.63) is 59.7 Å². The van der Waals surface area contributed by atoms with Crippen molar-refractivity contribution < 1.29 is 27.9 Å². The second-order valence-corrected chi connectivity index (χ2v) is 6.22. The molecule has 0 heterocycles. The zero-order valence-electron chi connectivity index (χ0n) is 13.8. The van der Waals surface area contributed by atoms with Gasteiger partial charge in [0.1, 0.15) is 23.1 Å². The van der Waals surface area contributed by atoms with E-state index in [4.69, 9.17) is 4.74 Å². The van der Waals surface area contributed by atoms with Crippen molar-refractivity contribution in [3.8, 4) is 0 Å². The van der Waals surface area contributed by atoms with Crippen molar-refractivity contribution in [1.82, 2.24) is 0 Å². The van der Waals surface area contributed by atoms with Gasteiger partial charge in [0.25, 0.3) is 5.91 Å². The van der Waals surface area contributed by atoms with Gasteiger partial charge in [0.15, 0.2) is 6.61 Å². The highest BCUT2D eigenvalue weighted by molar-refractivity contribution is 8.00. The largest absolute Gasteiger partial charge is 0.452 e. The fraction of sp³-hybridized carbons (Fsp3) is 0.167. The number of anilines is 1. The number of ketones is 1. The minimum atomic E-state index is -0.935. The Morgan fingerprint density at radius 3 is 2.35 bits per heavy atom. The third-order valence-corrected chi connectivity index (χ3v) is 4.32. The molecule has 1 amide bonds. The van der Waals surface area contributed by atoms with Gasteiger partial charge in [-0.05, 0) is 31.2 Å². The highest BCUT2D eigenvalue weighted by atomic mass is 32.2. The van der Waals surface area contributed by atoms with Crippen molar-refractivity contribution in [2.75, 3.05) is 17.7 Å². The molecule has 0 saturated heterocycles. The van der Waals surface area contributed by atoms with Crippen molar-refractivity contribution in [3.63, 3.8) is 0 Å². The molecule has 8 heteroatoms. The van der Waals surface area contributed by atoms with E-state index in [0.717, 1.165) is 18.2 Å². The molecule has 0 saturated carbocycles. The van der Waals surface area contributed by atoms with Gasteiger partial charge >= 0.3 is 5.97 Å². The summed E-state index contributed by atoms with van der Waals surface area (Å²) in [6.07, 6.45) is 0. The van der Waals surface area contributed by atoms with Gasteiger partial charge in [-0.1, -0.05) is 18.2 Å². The molecular weight excluding hydrogens is 364 g/mol. The summed E-state index contributed by atoms with van der Waals surface area (Å²) in [5.74, 6) is -3.38. The van der Waals surface area contributed by atoms with Crippen LogP contribution >= 0.6 is 11.8 Å². The normalized spacial score (nSPS) is 10.3. The van der Waals surface area contributed by atoms with Gasteiger partial charge in [0.2, 0.25) is 0 Å². The Hall–Kier alpha value is -2.74. The highest BCUT2D eigenvalue weighted by Crippen LogP contribution is 2.23. The van der Waals surface area contributed by atoms with Gasteiger partial charge in [-0.15, -0.1) is 11.8 Å². The first kappa shape index (κ1) is 19.6. The molecular formula is C18H15F2NO4S. The maximum atomic E-state index is 13.5. The van der Waals surface area contributed by atoms with Gasteiger partial charge in [-0.25, -0.2) is 13.6 Å². The Kier molecular flexibility index (Phi) is 6.85. The smallest absolute Gasteiger partial charge is 0.339 e. The quantitative estimate of drug-likeness (QED) is 0.589. The lowest BCUT2D eigenvalue weighted by molar-refractivity contribution is -0.119. The van der Waals surface area contributed by atoms with Crippen LogP contribution in [0.4, 0.5) is 14.5 Å². The zero-order valence-corrected chi connectivity index (χ0v) is 14.6. The summed E-state index contributed by atoms with van der Waals surface area (Å²) in [6.45, 7) is 0.721. The monoisotopic (exact) mass is 379 g/mol. The van der Waals surface area contributed by atoms with Crippen LogP contribution in [0.3, 0.4) is 0 Å². The summed E-state index contributed by atoms with van der Waals surface area (Å²) in [5, 5.41) is 2.02. The number of para-hydroxylation sites is 1. The Morgan fingerprint density at radius 2 is 1.69 bits per heavy atom. The molecule has 2 aromatic rings. The molecule has 0 spiro atoms. The lowest BCUT2D eigenvalue weighted by atomic mass is 10.2. The van der Waals surface area contributed by atoms with Gasteiger partial charge in [-0.3, -0.25) is 9.59 Å². The summed E-state index contributed by atoms with van der Waals surface area (Å²) < 4.78 is 31.9. The summed E-state index contributed by atoms with van der Waals surface area (Å²) in [7, 11) is 0. The summed E-state index contributed by atoms with van der Waals surface area (Å²) in [5.41, 5.74) is -0.408. The third kappa shape index (κ3) is 5.38. The fourth-order valence-electron chi connectivity index (χ4n) is 1.94. The highest BCUT2D eigenvalue weighted by Gasteiger charge is 2.17. The molecule has 1 N–H and O–H groups in total. The lowest BCUT2D eigenvalue weighted by Gasteiger charge is -2.10. The molecule has 0 bridgehead atoms. The maximum Gasteiger partial charge on any atom is 0.339 e. The third-order valence-electron chi connectivity index (χ3n) is 3.10. The first-order valence-corrected chi connectivity index (χ1v) is 8.49. The van der Waals surface area contributed by atoms with Crippen LogP contribution in [0.5, 0.6) is 0 Å². The van der Waals surface area contributed by atoms with Crippen LogP contribution in [0.25, 0.3) is 0 Å². The van der Waals surface area contributed by atoms with Gasteiger partial charge in [-0.2, -0.15) is 0 Å². The van der Waals surface area contributed by atoms with E-state index in [2.05, 4.69) is 0 Å². The SMILES string of the molecule is CC(=O)CSc1ccccc1C(=O)OCC(=O)Nc1c(F)cccc1F. The molecule has 0 aliphatic carbocycles. The van der Waals surface area contributed by atoms with Crippen LogP contribution in [0.15, 0.2) is 47.4 Å². The van der Waals surface area contributed by atoms with Crippen LogP contribution in [0, 0.1) is 11.6 Å². The van der Waals surface area contributed by atoms with Gasteiger partial charge in [0.05, 0.1) is 11.3 Å². The van der Waals surface area contributed by atoms with Crippen molar-refractivity contribution in [2.45, 2.75) is 11.8 Å². The van der Waals surface area contributed by atoms with E-state index in [1.165, 1.54) is 24.8 Å². The molecule has 26 heavy (non-hydrogen) atoms. The predicted octanol–water partition coefficient (Wildman–Crippen LogP) is 3.44. The molecule has 0 unspecified atom stereocenters. The van der Waals surface area contributed by atoms with E-state index in [-0.39, 0.29) is 17.1 Å². The van der Waals surface area contributed by atoms with Crippen LogP contribution in [-0.4, -0.2) is 30.0 Å². The van der Waals surface area contributed by atoms with Crippen LogP contribution < -0.4 is 5.32 Å². The second-order valence-electron chi connectivity index (χ2n) is 5.21. The topological polar surface area (TPSA) is 72.5 Å². The second kappa shape index (κ2) is 9.10. The van der Waals surface area contributed by atoms with E-state index in [0.29, 0.717) is 4.90 Å². The minimum absolute atomic E-state index is 0.0514. The van der Waals surface area contributed by atoms with E-state index >= 15 is 0 Å². The lowest BCUT2D eigenvalue weighted by Crippen LogP contribution is -2.22. The number of carbonyl (C=O) groups is 3. The average Bonchev–Trinajstić information content (AvgIpc) is 2.61. The number of hydrogen-bond acceptors (Lipinski definition) is 5. The molecule has 136 valence electrons. The number of amides is 1. The van der Waals surface area contributed by atoms with Crippen LogP contribution in [-0.2, 0) is 14.3 Å². The van der Waals surface area contributed by atoms with E-state index < -0.39 is 35.8 Å². The predicted molar refractivity (Wildman–Crippen MR) is 93.1 cm³/mol. The van der Waals surface area contributed by atoms with Crippen molar-refractivity contribution in [2.24, 2.45) is 0 Å². The molecule has 0 radical (unpaired) electrons. The number of halogens is 2. The minimum Gasteiger partial charge on any atom is -0.452 e. The average molecular weight is 379 g/mol. The van der Waals surface area contributed by atoms with Crippen molar-refractivity contribution >= 4 is 35.1 Å². The number of thioether (sulfide) groups is 1. The molecule has 0 aliphatic rings. The number of ether oxygens (including phenoxy) is 1. The number of nitrogens with one attached hydrogen (secondary N) is 1. The van der Waals surface area contributed by atoms with Crippen LogP contribution in [0.1, 0.15) is 17.3 Å². The fourth-order valence-corrected chi connectivity index (χ4v) is 2.78. The molecule has 2 rings (SSSR count). The maximum absolute atomic E-state index is 13.5. The van der Waals surface area contributed by atoms with E-state index in [9.17, 15) is 23.2 Å². The summed E-state index contributed by atoms with van der Waals surface area (Å²) >= 11 is 1.17. The van der Waals surface area contributed by atoms with E-state index in [1.807, 2.05) is 5.32 Å². The standard InChI is InChI=1S/C18H15F2NO4S/c1-11(22)10-26-15-8-3-2-5-12(15)18(24)25-9-16(23)21-17-13(19)6-4-7-14(17)20/h2-8H,9-10H2,1H3,(H,21,23). The Balaban J connectivity index is 1.98. The van der Waals surface area contributed by atoms with Gasteiger partial charge in [0, 0.05) is 4.90 Å². The number of hydrogen-bond donors (Lipinski definition) is 1. The summed E-state index contributed by atoms with van der Waals surface area (Å²) in [6, 6.07) is 9.62. The first-order valence-electron chi connectivity index (χ1n) is 7.50. The summed E-state index contributed by atoms with van der Waals surface area (Å²) in [4.78, 5) is 35.6. The molecule has 2 aromatic carbocycles. The number of rotatable bonds is 7. The molecule has 0 atom stereocenters. The zero-order chi connectivity index (χ0) is 19.1. The molecule has 0 aliphatic heterocycles. The Bertz CT molecular complexity index is 821. The van der Waals surface area contributed by atoms with Gasteiger partial charge < -0.3 is 10.1 Å². The Morgan fingerprint density at radius 1 is 1.04 bits per heavy atom. The number of carbonyl (C=O) groups excluding carboxylic acids is 3. The number of esters is 1. The molecule has 5 nitrogen and oxygen atoms in total. The molecule has 0 aromatic heterocycles. The number of Topliss-reactive ketones (excluding diaryl/α,β-unsaturated/α-hetero) is 1. The first-order chi connectivity index (χ1) is 12.4. The van der Waals surface area contributed by atoms with E-state index in [1.54, 1.807) is 18.2 Å². The Labute approximate surface area is 152 Å². The molecule has 0 fully saturated rings. The van der Waals surface area contributed by atoms with Crippen molar-refractivity contribution in [1.29, 1.82) is 0 Å². The number of benzene rings is 2.